The molecule has 0 bridgehead atoms. The second-order valence-electron chi connectivity index (χ2n) is 6.02. The van der Waals surface area contributed by atoms with Gasteiger partial charge < -0.3 is 9.88 Å². The Bertz CT molecular complexity index is 1220. The van der Waals surface area contributed by atoms with Crippen molar-refractivity contribution in [2.75, 3.05) is 5.32 Å². The van der Waals surface area contributed by atoms with Crippen molar-refractivity contribution in [2.24, 2.45) is 14.1 Å². The number of aromatic nitrogens is 2. The van der Waals surface area contributed by atoms with Crippen LogP contribution in [0.25, 0.3) is 11.1 Å². The van der Waals surface area contributed by atoms with Gasteiger partial charge in [-0.1, -0.05) is 47.5 Å². The van der Waals surface area contributed by atoms with Gasteiger partial charge in [-0.05, 0) is 28.1 Å². The third kappa shape index (κ3) is 3.65. The van der Waals surface area contributed by atoms with Crippen LogP contribution in [0.4, 0.5) is 5.69 Å². The number of hydrogen-bond acceptors (Lipinski definition) is 3. The van der Waals surface area contributed by atoms with Gasteiger partial charge in [-0.15, -0.1) is 0 Å². The fraction of sp³-hybridized carbons (Fsp3) is 0.105. The molecule has 0 atom stereocenters. The van der Waals surface area contributed by atoms with Gasteiger partial charge in [0.15, 0.2) is 0 Å². The minimum Gasteiger partial charge on any atom is -0.320 e. The molecular formula is C19H14BrCl2N3O3. The third-order valence-electron chi connectivity index (χ3n) is 4.18. The van der Waals surface area contributed by atoms with E-state index in [1.54, 1.807) is 24.3 Å². The van der Waals surface area contributed by atoms with Crippen LogP contribution in [0.5, 0.6) is 0 Å². The van der Waals surface area contributed by atoms with Crippen molar-refractivity contribution in [1.29, 1.82) is 0 Å². The van der Waals surface area contributed by atoms with E-state index in [9.17, 15) is 14.4 Å². The number of nitrogens with zero attached hydrogens (tertiary/aromatic N) is 2. The maximum Gasteiger partial charge on any atom is 0.330 e. The molecule has 0 spiro atoms. The van der Waals surface area contributed by atoms with Gasteiger partial charge in [0.1, 0.15) is 5.56 Å². The maximum atomic E-state index is 12.6. The van der Waals surface area contributed by atoms with E-state index < -0.39 is 17.2 Å². The van der Waals surface area contributed by atoms with Gasteiger partial charge in [0.2, 0.25) is 0 Å². The van der Waals surface area contributed by atoms with E-state index in [-0.39, 0.29) is 10.6 Å². The van der Waals surface area contributed by atoms with Crippen LogP contribution in [-0.4, -0.2) is 15.0 Å². The maximum absolute atomic E-state index is 12.6. The molecule has 144 valence electrons. The van der Waals surface area contributed by atoms with Gasteiger partial charge in [0.25, 0.3) is 11.5 Å². The van der Waals surface area contributed by atoms with E-state index >= 15 is 0 Å². The Hall–Kier alpha value is -2.35. The topological polar surface area (TPSA) is 73.1 Å². The van der Waals surface area contributed by atoms with Gasteiger partial charge in [-0.2, -0.15) is 0 Å². The summed E-state index contributed by atoms with van der Waals surface area (Å²) < 4.78 is 2.75. The smallest absolute Gasteiger partial charge is 0.320 e. The molecule has 0 saturated heterocycles. The van der Waals surface area contributed by atoms with Crippen molar-refractivity contribution in [3.05, 3.63) is 83.5 Å². The van der Waals surface area contributed by atoms with Crippen LogP contribution in [-0.2, 0) is 14.1 Å². The number of rotatable bonds is 3. The van der Waals surface area contributed by atoms with Crippen LogP contribution in [0, 0.1) is 0 Å². The Labute approximate surface area is 178 Å². The standard InChI is InChI=1S/C19H14BrCl2N3O3/c1-24-9-12(18(27)25(2)19(24)28)17(26)23-14-8-4-6-11(16(14)22)10-5-3-7-13(20)15(10)21/h3-9H,1-2H3,(H,23,26). The number of carbonyl (C=O) groups excluding carboxylic acids is 1. The minimum absolute atomic E-state index is 0.174. The van der Waals surface area contributed by atoms with E-state index in [4.69, 9.17) is 23.2 Å². The van der Waals surface area contributed by atoms with Gasteiger partial charge in [-0.25, -0.2) is 4.79 Å². The van der Waals surface area contributed by atoms with Crippen LogP contribution in [0.15, 0.2) is 56.7 Å². The van der Waals surface area contributed by atoms with Crippen LogP contribution >= 0.6 is 39.1 Å². The fourth-order valence-electron chi connectivity index (χ4n) is 2.70. The molecule has 9 heteroatoms. The summed E-state index contributed by atoms with van der Waals surface area (Å²) in [6.45, 7) is 0. The van der Waals surface area contributed by atoms with E-state index in [0.717, 1.165) is 9.13 Å². The van der Waals surface area contributed by atoms with Crippen molar-refractivity contribution in [2.45, 2.75) is 0 Å². The summed E-state index contributed by atoms with van der Waals surface area (Å²) >= 11 is 16.2. The molecule has 2 aromatic carbocycles. The van der Waals surface area contributed by atoms with Crippen LogP contribution in [0.1, 0.15) is 10.4 Å². The van der Waals surface area contributed by atoms with E-state index in [2.05, 4.69) is 21.2 Å². The predicted octanol–water partition coefficient (Wildman–Crippen LogP) is 4.07. The Morgan fingerprint density at radius 2 is 1.61 bits per heavy atom. The molecule has 3 rings (SSSR count). The summed E-state index contributed by atoms with van der Waals surface area (Å²) in [6.07, 6.45) is 1.20. The minimum atomic E-state index is -0.692. The number of benzene rings is 2. The van der Waals surface area contributed by atoms with Crippen LogP contribution in [0.3, 0.4) is 0 Å². The zero-order chi connectivity index (χ0) is 20.6. The molecule has 0 fully saturated rings. The summed E-state index contributed by atoms with van der Waals surface area (Å²) in [5.41, 5.74) is 0.241. The fourth-order valence-corrected chi connectivity index (χ4v) is 3.57. The molecule has 0 saturated carbocycles. The molecule has 3 aromatic rings. The molecule has 0 aliphatic carbocycles. The number of nitrogens with one attached hydrogen (secondary N) is 1. The second-order valence-corrected chi connectivity index (χ2v) is 7.63. The van der Waals surface area contributed by atoms with Crippen LogP contribution in [0.2, 0.25) is 10.0 Å². The highest BCUT2D eigenvalue weighted by atomic mass is 79.9. The Morgan fingerprint density at radius 1 is 1.00 bits per heavy atom. The molecule has 28 heavy (non-hydrogen) atoms. The molecule has 0 radical (unpaired) electrons. The van der Waals surface area contributed by atoms with Crippen molar-refractivity contribution in [1.82, 2.24) is 9.13 Å². The first-order chi connectivity index (χ1) is 13.2. The first-order valence-electron chi connectivity index (χ1n) is 8.03. The number of carbonyl (C=O) groups is 1. The molecular weight excluding hydrogens is 469 g/mol. The first kappa shape index (κ1) is 20.4. The molecule has 0 unspecified atom stereocenters. The average Bonchev–Trinajstić information content (AvgIpc) is 2.67. The number of amides is 1. The summed E-state index contributed by atoms with van der Waals surface area (Å²) in [5, 5.41) is 3.39. The van der Waals surface area contributed by atoms with E-state index in [0.29, 0.717) is 26.3 Å². The molecule has 1 aromatic heterocycles. The molecule has 1 amide bonds. The summed E-state index contributed by atoms with van der Waals surface area (Å²) in [5.74, 6) is -0.671. The number of halogens is 3. The second kappa shape index (κ2) is 7.95. The summed E-state index contributed by atoms with van der Waals surface area (Å²) in [4.78, 5) is 36.7. The van der Waals surface area contributed by atoms with Gasteiger partial charge in [0.05, 0.1) is 15.7 Å². The number of anilines is 1. The number of aryl methyl sites for hydroxylation is 1. The quantitative estimate of drug-likeness (QED) is 0.611. The molecule has 1 N–H and O–H groups in total. The monoisotopic (exact) mass is 481 g/mol. The highest BCUT2D eigenvalue weighted by Gasteiger charge is 2.18. The molecule has 0 aliphatic heterocycles. The molecule has 0 aliphatic rings. The van der Waals surface area contributed by atoms with Crippen molar-refractivity contribution in [3.8, 4) is 11.1 Å². The number of hydrogen-bond donors (Lipinski definition) is 1. The Balaban J connectivity index is 2.03. The average molecular weight is 483 g/mol. The van der Waals surface area contributed by atoms with E-state index in [1.165, 1.54) is 20.3 Å². The zero-order valence-corrected chi connectivity index (χ0v) is 17.9. The summed E-state index contributed by atoms with van der Waals surface area (Å²) in [6, 6.07) is 10.5. The Kier molecular flexibility index (Phi) is 5.79. The first-order valence-corrected chi connectivity index (χ1v) is 9.58. The highest BCUT2D eigenvalue weighted by Crippen LogP contribution is 2.39. The van der Waals surface area contributed by atoms with Crippen molar-refractivity contribution in [3.63, 3.8) is 0 Å². The lowest BCUT2D eigenvalue weighted by Gasteiger charge is -2.13. The van der Waals surface area contributed by atoms with Gasteiger partial charge >= 0.3 is 5.69 Å². The molecule has 6 nitrogen and oxygen atoms in total. The van der Waals surface area contributed by atoms with Crippen LogP contribution < -0.4 is 16.6 Å². The predicted molar refractivity (Wildman–Crippen MR) is 114 cm³/mol. The summed E-state index contributed by atoms with van der Waals surface area (Å²) in [7, 11) is 2.77. The van der Waals surface area contributed by atoms with E-state index in [1.807, 2.05) is 12.1 Å². The molecule has 1 heterocycles. The lowest BCUT2D eigenvalue weighted by atomic mass is 10.0. The SMILES string of the molecule is Cn1cc(C(=O)Nc2cccc(-c3cccc(Br)c3Cl)c2Cl)c(=O)n(C)c1=O. The van der Waals surface area contributed by atoms with Crippen molar-refractivity contribution < 1.29 is 4.79 Å². The lowest BCUT2D eigenvalue weighted by molar-refractivity contribution is 0.102. The van der Waals surface area contributed by atoms with Crippen molar-refractivity contribution >= 4 is 50.7 Å². The third-order valence-corrected chi connectivity index (χ3v) is 5.88. The highest BCUT2D eigenvalue weighted by molar-refractivity contribution is 9.10. The lowest BCUT2D eigenvalue weighted by Crippen LogP contribution is -2.40. The normalized spacial score (nSPS) is 10.8. The Morgan fingerprint density at radius 3 is 2.29 bits per heavy atom. The zero-order valence-electron chi connectivity index (χ0n) is 14.8. The van der Waals surface area contributed by atoms with Gasteiger partial charge in [-0.3, -0.25) is 14.2 Å². The largest absolute Gasteiger partial charge is 0.330 e. The van der Waals surface area contributed by atoms with Gasteiger partial charge in [0, 0.05) is 35.9 Å².